The van der Waals surface area contributed by atoms with Crippen molar-refractivity contribution < 1.29 is 5.11 Å². The molecular weight excluding hydrogens is 328 g/mol. The van der Waals surface area contributed by atoms with E-state index in [9.17, 15) is 5.11 Å². The van der Waals surface area contributed by atoms with E-state index in [2.05, 4.69) is 44.3 Å². The van der Waals surface area contributed by atoms with Crippen LogP contribution in [0.5, 0.6) is 0 Å². The molecule has 1 aliphatic carbocycles. The van der Waals surface area contributed by atoms with Crippen molar-refractivity contribution in [3.8, 4) is 0 Å². The summed E-state index contributed by atoms with van der Waals surface area (Å²) in [5, 5.41) is 14.0. The van der Waals surface area contributed by atoms with Crippen molar-refractivity contribution >= 4 is 21.6 Å². The number of fused-ring (bicyclic) bond motifs is 1. The van der Waals surface area contributed by atoms with Crippen molar-refractivity contribution in [3.05, 3.63) is 28.2 Å². The Morgan fingerprint density at radius 2 is 2.24 bits per heavy atom. The van der Waals surface area contributed by atoms with Gasteiger partial charge in [0.25, 0.3) is 0 Å². The molecule has 0 amide bonds. The Bertz CT molecular complexity index is 508. The van der Waals surface area contributed by atoms with Crippen molar-refractivity contribution in [3.63, 3.8) is 0 Å². The number of nitrogens with one attached hydrogen (secondary N) is 1. The van der Waals surface area contributed by atoms with Gasteiger partial charge in [-0.05, 0) is 59.9 Å². The molecule has 0 aromatic heterocycles. The van der Waals surface area contributed by atoms with Crippen LogP contribution in [-0.2, 0) is 6.54 Å². The highest BCUT2D eigenvalue weighted by Gasteiger charge is 2.42. The third kappa shape index (κ3) is 3.13. The number of aliphatic hydroxyl groups is 1. The number of hydrogen-bond donors (Lipinski definition) is 2. The molecule has 21 heavy (non-hydrogen) atoms. The van der Waals surface area contributed by atoms with E-state index in [1.807, 2.05) is 7.05 Å². The Labute approximate surface area is 135 Å². The second kappa shape index (κ2) is 6.27. The third-order valence-electron chi connectivity index (χ3n) is 5.16. The zero-order valence-corrected chi connectivity index (χ0v) is 14.3. The molecule has 3 nitrogen and oxygen atoms in total. The molecule has 0 bridgehead atoms. The molecule has 116 valence electrons. The van der Waals surface area contributed by atoms with Gasteiger partial charge in [-0.25, -0.2) is 0 Å². The van der Waals surface area contributed by atoms with Crippen LogP contribution >= 0.6 is 15.9 Å². The van der Waals surface area contributed by atoms with Gasteiger partial charge < -0.3 is 15.3 Å². The predicted molar refractivity (Wildman–Crippen MR) is 90.6 cm³/mol. The predicted octanol–water partition coefficient (Wildman–Crippen LogP) is 3.30. The summed E-state index contributed by atoms with van der Waals surface area (Å²) in [6.07, 6.45) is 5.52. The fourth-order valence-corrected chi connectivity index (χ4v) is 4.59. The summed E-state index contributed by atoms with van der Waals surface area (Å²) in [6, 6.07) is 6.61. The van der Waals surface area contributed by atoms with Crippen molar-refractivity contribution in [1.29, 1.82) is 0 Å². The zero-order chi connectivity index (χ0) is 14.9. The Balaban J connectivity index is 1.76. The lowest BCUT2D eigenvalue weighted by atomic mass is 9.71. The maximum absolute atomic E-state index is 10.8. The van der Waals surface area contributed by atoms with Crippen molar-refractivity contribution in [1.82, 2.24) is 5.32 Å². The smallest absolute Gasteiger partial charge is 0.0709 e. The number of benzene rings is 1. The van der Waals surface area contributed by atoms with Crippen LogP contribution in [0.3, 0.4) is 0 Å². The van der Waals surface area contributed by atoms with Gasteiger partial charge in [0.1, 0.15) is 0 Å². The molecule has 1 saturated heterocycles. The molecule has 3 rings (SSSR count). The molecule has 1 aromatic rings. The van der Waals surface area contributed by atoms with Crippen LogP contribution < -0.4 is 10.2 Å². The van der Waals surface area contributed by atoms with Gasteiger partial charge in [0.05, 0.1) is 11.3 Å². The molecule has 1 aliphatic heterocycles. The van der Waals surface area contributed by atoms with Gasteiger partial charge in [-0.2, -0.15) is 0 Å². The summed E-state index contributed by atoms with van der Waals surface area (Å²) in [7, 11) is 1.97. The number of hydrogen-bond acceptors (Lipinski definition) is 3. The third-order valence-corrected chi connectivity index (χ3v) is 5.80. The molecule has 4 heteroatoms. The van der Waals surface area contributed by atoms with E-state index >= 15 is 0 Å². The van der Waals surface area contributed by atoms with Crippen molar-refractivity contribution in [2.75, 3.05) is 25.0 Å². The number of rotatable bonds is 3. The Kier molecular flexibility index (Phi) is 4.57. The first-order valence-electron chi connectivity index (χ1n) is 8.03. The summed E-state index contributed by atoms with van der Waals surface area (Å²) < 4.78 is 1.16. The van der Waals surface area contributed by atoms with E-state index in [0.717, 1.165) is 36.9 Å². The average molecular weight is 353 g/mol. The first-order chi connectivity index (χ1) is 10.1. The minimum absolute atomic E-state index is 0.396. The number of nitrogens with zero attached hydrogens (tertiary/aromatic N) is 1. The fraction of sp³-hybridized carbons (Fsp3) is 0.647. The lowest BCUT2D eigenvalue weighted by Gasteiger charge is -2.48. The minimum Gasteiger partial charge on any atom is -0.389 e. The summed E-state index contributed by atoms with van der Waals surface area (Å²) in [5.74, 6) is 0.434. The quantitative estimate of drug-likeness (QED) is 0.875. The van der Waals surface area contributed by atoms with E-state index in [4.69, 9.17) is 0 Å². The first kappa shape index (κ1) is 15.3. The molecular formula is C17H25BrN2O. The average Bonchev–Trinajstić information content (AvgIpc) is 2.47. The summed E-state index contributed by atoms with van der Waals surface area (Å²) in [6.45, 7) is 2.83. The van der Waals surface area contributed by atoms with Crippen LogP contribution in [0.1, 0.15) is 37.7 Å². The summed E-state index contributed by atoms with van der Waals surface area (Å²) in [5.41, 5.74) is 2.16. The van der Waals surface area contributed by atoms with Crippen LogP contribution in [0.2, 0.25) is 0 Å². The highest BCUT2D eigenvalue weighted by atomic mass is 79.9. The standard InChI is InChI=1S/C17H25BrN2O/c1-19-11-13-5-6-16(15(18)10-13)20-9-8-17(21)7-3-2-4-14(17)12-20/h5-6,10,14,19,21H,2-4,7-9,11-12H2,1H3. The number of halogens is 1. The van der Waals surface area contributed by atoms with Crippen molar-refractivity contribution in [2.45, 2.75) is 44.2 Å². The number of anilines is 1. The minimum atomic E-state index is -0.396. The van der Waals surface area contributed by atoms with Crippen LogP contribution in [-0.4, -0.2) is 30.8 Å². The topological polar surface area (TPSA) is 35.5 Å². The summed E-state index contributed by atoms with van der Waals surface area (Å²) >= 11 is 3.72. The molecule has 1 heterocycles. The normalized spacial score (nSPS) is 29.3. The van der Waals surface area contributed by atoms with Crippen LogP contribution in [0.4, 0.5) is 5.69 Å². The monoisotopic (exact) mass is 352 g/mol. The highest BCUT2D eigenvalue weighted by molar-refractivity contribution is 9.10. The van der Waals surface area contributed by atoms with Crippen LogP contribution in [0.15, 0.2) is 22.7 Å². The first-order valence-corrected chi connectivity index (χ1v) is 8.82. The Hall–Kier alpha value is -0.580. The lowest BCUT2D eigenvalue weighted by molar-refractivity contribution is -0.0612. The van der Waals surface area contributed by atoms with E-state index in [-0.39, 0.29) is 0 Å². The fourth-order valence-electron chi connectivity index (χ4n) is 3.91. The second-order valence-corrected chi connectivity index (χ2v) is 7.41. The van der Waals surface area contributed by atoms with E-state index in [0.29, 0.717) is 5.92 Å². The molecule has 1 aromatic carbocycles. The van der Waals surface area contributed by atoms with Gasteiger partial charge in [-0.1, -0.05) is 18.9 Å². The molecule has 1 saturated carbocycles. The van der Waals surface area contributed by atoms with E-state index < -0.39 is 5.60 Å². The Morgan fingerprint density at radius 3 is 3.00 bits per heavy atom. The molecule has 2 atom stereocenters. The van der Waals surface area contributed by atoms with Gasteiger partial charge in [0, 0.05) is 30.0 Å². The molecule has 2 fully saturated rings. The highest BCUT2D eigenvalue weighted by Crippen LogP contribution is 2.42. The molecule has 2 N–H and O–H groups in total. The number of piperidine rings is 1. The largest absolute Gasteiger partial charge is 0.389 e. The van der Waals surface area contributed by atoms with Crippen LogP contribution in [0.25, 0.3) is 0 Å². The van der Waals surface area contributed by atoms with Gasteiger partial charge >= 0.3 is 0 Å². The molecule has 2 aliphatic rings. The summed E-state index contributed by atoms with van der Waals surface area (Å²) in [4.78, 5) is 2.44. The maximum atomic E-state index is 10.8. The van der Waals surface area contributed by atoms with Gasteiger partial charge in [0.15, 0.2) is 0 Å². The van der Waals surface area contributed by atoms with Gasteiger partial charge in [0.2, 0.25) is 0 Å². The molecule has 2 unspecified atom stereocenters. The second-order valence-electron chi connectivity index (χ2n) is 6.56. The molecule has 0 spiro atoms. The maximum Gasteiger partial charge on any atom is 0.0709 e. The van der Waals surface area contributed by atoms with Gasteiger partial charge in [-0.3, -0.25) is 0 Å². The zero-order valence-electron chi connectivity index (χ0n) is 12.7. The van der Waals surface area contributed by atoms with E-state index in [1.165, 1.54) is 30.5 Å². The van der Waals surface area contributed by atoms with Crippen LogP contribution in [0, 0.1) is 5.92 Å². The lowest BCUT2D eigenvalue weighted by Crippen LogP contribution is -2.53. The van der Waals surface area contributed by atoms with Gasteiger partial charge in [-0.15, -0.1) is 0 Å². The SMILES string of the molecule is CNCc1ccc(N2CCC3(O)CCCCC3C2)c(Br)c1. The Morgan fingerprint density at radius 1 is 1.38 bits per heavy atom. The molecule has 0 radical (unpaired) electrons. The van der Waals surface area contributed by atoms with Crippen molar-refractivity contribution in [2.24, 2.45) is 5.92 Å². The van der Waals surface area contributed by atoms with E-state index in [1.54, 1.807) is 0 Å².